The van der Waals surface area contributed by atoms with Gasteiger partial charge < -0.3 is 10.4 Å². The highest BCUT2D eigenvalue weighted by atomic mass is 35.5. The standard InChI is InChI=1S/C13H18Cl2N2O4S/c1-8(2)7-17-22(20,21)12-5-9(10(14)6-11(12)15)13(19)16-3-4-18/h5-6,8,17-18H,3-4,7H2,1-2H3,(H,16,19). The molecule has 0 aliphatic carbocycles. The number of aliphatic hydroxyl groups excluding tert-OH is 1. The van der Waals surface area contributed by atoms with Crippen LogP contribution in [-0.4, -0.2) is 39.1 Å². The highest BCUT2D eigenvalue weighted by Crippen LogP contribution is 2.28. The Balaban J connectivity index is 3.18. The van der Waals surface area contributed by atoms with Gasteiger partial charge in [-0.25, -0.2) is 13.1 Å². The van der Waals surface area contributed by atoms with Crippen LogP contribution in [0.15, 0.2) is 17.0 Å². The van der Waals surface area contributed by atoms with E-state index in [1.807, 2.05) is 13.8 Å². The molecule has 0 aliphatic heterocycles. The molecule has 0 spiro atoms. The predicted octanol–water partition coefficient (Wildman–Crippen LogP) is 1.65. The van der Waals surface area contributed by atoms with Crippen molar-refractivity contribution in [2.75, 3.05) is 19.7 Å². The summed E-state index contributed by atoms with van der Waals surface area (Å²) in [6, 6.07) is 2.33. The fourth-order valence-electron chi connectivity index (χ4n) is 1.53. The molecule has 3 N–H and O–H groups in total. The summed E-state index contributed by atoms with van der Waals surface area (Å²) in [5.41, 5.74) is -0.0237. The minimum Gasteiger partial charge on any atom is -0.395 e. The number of hydrogen-bond donors (Lipinski definition) is 3. The maximum absolute atomic E-state index is 12.2. The first-order valence-electron chi connectivity index (χ1n) is 6.56. The van der Waals surface area contributed by atoms with Gasteiger partial charge in [-0.3, -0.25) is 4.79 Å². The molecule has 0 fully saturated rings. The molecule has 0 aliphatic rings. The van der Waals surface area contributed by atoms with Gasteiger partial charge in [-0.2, -0.15) is 0 Å². The quantitative estimate of drug-likeness (QED) is 0.681. The molecule has 0 unspecified atom stereocenters. The van der Waals surface area contributed by atoms with Crippen LogP contribution in [0.1, 0.15) is 24.2 Å². The van der Waals surface area contributed by atoms with Gasteiger partial charge in [-0.15, -0.1) is 0 Å². The van der Waals surface area contributed by atoms with Crippen molar-refractivity contribution in [1.82, 2.24) is 10.0 Å². The average Bonchev–Trinajstić information content (AvgIpc) is 2.42. The Kier molecular flexibility index (Phi) is 7.08. The van der Waals surface area contributed by atoms with Crippen LogP contribution in [0, 0.1) is 5.92 Å². The lowest BCUT2D eigenvalue weighted by atomic mass is 10.2. The molecular weight excluding hydrogens is 351 g/mol. The molecule has 9 heteroatoms. The zero-order valence-electron chi connectivity index (χ0n) is 12.2. The fourth-order valence-corrected chi connectivity index (χ4v) is 3.60. The van der Waals surface area contributed by atoms with Gasteiger partial charge in [-0.1, -0.05) is 37.0 Å². The topological polar surface area (TPSA) is 95.5 Å². The van der Waals surface area contributed by atoms with Crippen molar-refractivity contribution >= 4 is 39.1 Å². The molecule has 0 radical (unpaired) electrons. The minimum absolute atomic E-state index is 0.0237. The van der Waals surface area contributed by atoms with E-state index in [1.54, 1.807) is 0 Å². The summed E-state index contributed by atoms with van der Waals surface area (Å²) < 4.78 is 26.9. The Labute approximate surface area is 139 Å². The maximum Gasteiger partial charge on any atom is 0.252 e. The normalized spacial score (nSPS) is 11.7. The molecule has 124 valence electrons. The first-order valence-corrected chi connectivity index (χ1v) is 8.80. The lowest BCUT2D eigenvalue weighted by molar-refractivity contribution is 0.0944. The molecule has 22 heavy (non-hydrogen) atoms. The third kappa shape index (κ3) is 5.10. The van der Waals surface area contributed by atoms with E-state index in [0.717, 1.165) is 6.07 Å². The smallest absolute Gasteiger partial charge is 0.252 e. The van der Waals surface area contributed by atoms with Crippen molar-refractivity contribution in [3.63, 3.8) is 0 Å². The zero-order valence-corrected chi connectivity index (χ0v) is 14.5. The molecule has 0 saturated carbocycles. The second-order valence-corrected chi connectivity index (χ2v) is 7.54. The van der Waals surface area contributed by atoms with E-state index in [2.05, 4.69) is 10.0 Å². The van der Waals surface area contributed by atoms with Gasteiger partial charge in [0.2, 0.25) is 10.0 Å². The maximum atomic E-state index is 12.2. The molecule has 0 heterocycles. The summed E-state index contributed by atoms with van der Waals surface area (Å²) in [6.45, 7) is 3.76. The molecule has 0 aromatic heterocycles. The molecule has 1 aromatic carbocycles. The van der Waals surface area contributed by atoms with Crippen LogP contribution in [0.5, 0.6) is 0 Å². The number of carbonyl (C=O) groups is 1. The van der Waals surface area contributed by atoms with E-state index in [9.17, 15) is 13.2 Å². The summed E-state index contributed by atoms with van der Waals surface area (Å²) >= 11 is 11.9. The van der Waals surface area contributed by atoms with E-state index in [0.29, 0.717) is 0 Å². The third-order valence-electron chi connectivity index (χ3n) is 2.63. The van der Waals surface area contributed by atoms with Crippen LogP contribution in [0.25, 0.3) is 0 Å². The highest BCUT2D eigenvalue weighted by molar-refractivity contribution is 7.89. The summed E-state index contributed by atoms with van der Waals surface area (Å²) in [5, 5.41) is 11.1. The number of benzene rings is 1. The number of rotatable bonds is 7. The minimum atomic E-state index is -3.85. The van der Waals surface area contributed by atoms with Crippen molar-refractivity contribution in [3.05, 3.63) is 27.7 Å². The van der Waals surface area contributed by atoms with Gasteiger partial charge in [-0.05, 0) is 18.1 Å². The number of amides is 1. The highest BCUT2D eigenvalue weighted by Gasteiger charge is 2.22. The number of sulfonamides is 1. The Bertz CT molecular complexity index is 648. The number of nitrogens with one attached hydrogen (secondary N) is 2. The van der Waals surface area contributed by atoms with E-state index < -0.39 is 15.9 Å². The van der Waals surface area contributed by atoms with Crippen molar-refractivity contribution in [2.24, 2.45) is 5.92 Å². The number of aliphatic hydroxyl groups is 1. The van der Waals surface area contributed by atoms with E-state index in [4.69, 9.17) is 28.3 Å². The van der Waals surface area contributed by atoms with Crippen LogP contribution >= 0.6 is 23.2 Å². The van der Waals surface area contributed by atoms with Crippen molar-refractivity contribution in [3.8, 4) is 0 Å². The molecule has 1 rings (SSSR count). The monoisotopic (exact) mass is 368 g/mol. The first-order chi connectivity index (χ1) is 10.2. The predicted molar refractivity (Wildman–Crippen MR) is 85.9 cm³/mol. The number of halogens is 2. The lowest BCUT2D eigenvalue weighted by Crippen LogP contribution is -2.29. The summed E-state index contributed by atoms with van der Waals surface area (Å²) in [5.74, 6) is -0.468. The van der Waals surface area contributed by atoms with Crippen LogP contribution in [0.2, 0.25) is 10.0 Å². The van der Waals surface area contributed by atoms with E-state index >= 15 is 0 Å². The van der Waals surface area contributed by atoms with Crippen molar-refractivity contribution in [2.45, 2.75) is 18.7 Å². The van der Waals surface area contributed by atoms with Crippen LogP contribution in [-0.2, 0) is 10.0 Å². The van der Waals surface area contributed by atoms with E-state index in [1.165, 1.54) is 6.07 Å². The summed E-state index contributed by atoms with van der Waals surface area (Å²) in [7, 11) is -3.85. The van der Waals surface area contributed by atoms with Crippen LogP contribution in [0.3, 0.4) is 0 Å². The molecule has 1 aromatic rings. The van der Waals surface area contributed by atoms with Gasteiger partial charge in [0.05, 0.1) is 22.2 Å². The van der Waals surface area contributed by atoms with Gasteiger partial charge in [0.1, 0.15) is 4.90 Å². The SMILES string of the molecule is CC(C)CNS(=O)(=O)c1cc(C(=O)NCCO)c(Cl)cc1Cl. The molecule has 0 saturated heterocycles. The van der Waals surface area contributed by atoms with Crippen molar-refractivity contribution < 1.29 is 18.3 Å². The first kappa shape index (κ1) is 19.2. The second kappa shape index (κ2) is 8.12. The van der Waals surface area contributed by atoms with Gasteiger partial charge >= 0.3 is 0 Å². The average molecular weight is 369 g/mol. The Morgan fingerprint density at radius 3 is 2.45 bits per heavy atom. The number of hydrogen-bond acceptors (Lipinski definition) is 4. The molecule has 1 amide bonds. The Hall–Kier alpha value is -0.860. The van der Waals surface area contributed by atoms with Gasteiger partial charge in [0.25, 0.3) is 5.91 Å². The van der Waals surface area contributed by atoms with Crippen LogP contribution in [0.4, 0.5) is 0 Å². The molecular formula is C13H18Cl2N2O4S. The fraction of sp³-hybridized carbons (Fsp3) is 0.462. The lowest BCUT2D eigenvalue weighted by Gasteiger charge is -2.13. The largest absolute Gasteiger partial charge is 0.395 e. The zero-order chi connectivity index (χ0) is 16.9. The van der Waals surface area contributed by atoms with Crippen LogP contribution < -0.4 is 10.0 Å². The second-order valence-electron chi connectivity index (χ2n) is 4.99. The molecule has 0 atom stereocenters. The third-order valence-corrected chi connectivity index (χ3v) is 4.84. The van der Waals surface area contributed by atoms with E-state index in [-0.39, 0.29) is 46.1 Å². The van der Waals surface area contributed by atoms with Crippen molar-refractivity contribution in [1.29, 1.82) is 0 Å². The summed E-state index contributed by atoms with van der Waals surface area (Å²) in [6.07, 6.45) is 0. The van der Waals surface area contributed by atoms with Gasteiger partial charge in [0, 0.05) is 13.1 Å². The molecule has 6 nitrogen and oxygen atoms in total. The summed E-state index contributed by atoms with van der Waals surface area (Å²) in [4.78, 5) is 11.7. The Morgan fingerprint density at radius 2 is 1.91 bits per heavy atom. The Morgan fingerprint density at radius 1 is 1.27 bits per heavy atom. The number of carbonyl (C=O) groups excluding carboxylic acids is 1. The molecule has 0 bridgehead atoms. The van der Waals surface area contributed by atoms with Gasteiger partial charge in [0.15, 0.2) is 0 Å².